The van der Waals surface area contributed by atoms with Crippen molar-refractivity contribution in [3.63, 3.8) is 0 Å². The van der Waals surface area contributed by atoms with Crippen LogP contribution in [0.5, 0.6) is 0 Å². The number of allylic oxidation sites excluding steroid dienone is 2. The molecule has 0 unspecified atom stereocenters. The average molecular weight is 344 g/mol. The number of nitrogens with zero attached hydrogens (tertiary/aromatic N) is 3. The molecule has 0 aliphatic heterocycles. The van der Waals surface area contributed by atoms with Gasteiger partial charge < -0.3 is 10.1 Å². The van der Waals surface area contributed by atoms with E-state index in [0.29, 0.717) is 17.8 Å². The molecule has 2 rings (SSSR count). The van der Waals surface area contributed by atoms with Crippen molar-refractivity contribution in [3.05, 3.63) is 58.8 Å². The Bertz CT molecular complexity index is 869. The molecule has 1 heterocycles. The van der Waals surface area contributed by atoms with Gasteiger partial charge in [-0.05, 0) is 22.5 Å². The van der Waals surface area contributed by atoms with Gasteiger partial charge >= 0.3 is 11.7 Å². The molecule has 0 atom stereocenters. The summed E-state index contributed by atoms with van der Waals surface area (Å²) in [7, 11) is 0. The summed E-state index contributed by atoms with van der Waals surface area (Å²) in [4.78, 5) is 21.1. The zero-order valence-electron chi connectivity index (χ0n) is 13.5. The highest BCUT2D eigenvalue weighted by Crippen LogP contribution is 2.29. The molecule has 0 aliphatic rings. The average Bonchev–Trinajstić information content (AvgIpc) is 3.02. The van der Waals surface area contributed by atoms with E-state index >= 15 is 0 Å². The lowest BCUT2D eigenvalue weighted by Gasteiger charge is -2.06. The molecule has 0 radical (unpaired) electrons. The minimum absolute atomic E-state index is 0.0533. The first-order valence-electron chi connectivity index (χ1n) is 7.23. The van der Waals surface area contributed by atoms with Crippen molar-refractivity contribution in [2.75, 3.05) is 11.9 Å². The van der Waals surface area contributed by atoms with E-state index in [4.69, 9.17) is 4.74 Å². The summed E-state index contributed by atoms with van der Waals surface area (Å²) in [5, 5.41) is 21.2. The van der Waals surface area contributed by atoms with Crippen LogP contribution < -0.4 is 5.32 Å². The summed E-state index contributed by atoms with van der Waals surface area (Å²) in [5.41, 5.74) is 1.83. The van der Waals surface area contributed by atoms with Gasteiger partial charge in [-0.2, -0.15) is 0 Å². The number of benzene rings is 1. The van der Waals surface area contributed by atoms with Crippen molar-refractivity contribution >= 4 is 28.4 Å². The molecule has 0 bridgehead atoms. The molecule has 2 aromatic rings. The van der Waals surface area contributed by atoms with Gasteiger partial charge in [0.15, 0.2) is 5.52 Å². The Balaban J connectivity index is 2.02. The molecule has 0 saturated heterocycles. The van der Waals surface area contributed by atoms with Crippen LogP contribution >= 0.6 is 0 Å². The molecular formula is C16H16N4O5. The molecule has 0 spiro atoms. The number of aromatic nitrogens is 2. The molecule has 0 amide bonds. The fourth-order valence-corrected chi connectivity index (χ4v) is 1.94. The molecule has 9 nitrogen and oxygen atoms in total. The van der Waals surface area contributed by atoms with E-state index in [0.717, 1.165) is 5.57 Å². The van der Waals surface area contributed by atoms with Gasteiger partial charge in [-0.25, -0.2) is 4.63 Å². The van der Waals surface area contributed by atoms with Gasteiger partial charge in [-0.15, -0.1) is 0 Å². The topological polar surface area (TPSA) is 120 Å². The third-order valence-electron chi connectivity index (χ3n) is 3.13. The van der Waals surface area contributed by atoms with E-state index in [2.05, 4.69) is 33.4 Å². The lowest BCUT2D eigenvalue weighted by Crippen LogP contribution is -2.01. The van der Waals surface area contributed by atoms with Crippen LogP contribution in [0.3, 0.4) is 0 Å². The van der Waals surface area contributed by atoms with E-state index in [1.807, 2.05) is 0 Å². The Labute approximate surface area is 142 Å². The number of carbonyl (C=O) groups is 1. The molecule has 9 heteroatoms. The minimum atomic E-state index is -0.557. The number of non-ortho nitro benzene ring substituents is 1. The molecule has 1 aromatic carbocycles. The summed E-state index contributed by atoms with van der Waals surface area (Å²) in [6.45, 7) is 9.28. The number of nitro benzene ring substituents is 1. The van der Waals surface area contributed by atoms with Crippen LogP contribution in [0.15, 0.2) is 53.3 Å². The van der Waals surface area contributed by atoms with Gasteiger partial charge in [0, 0.05) is 25.1 Å². The zero-order chi connectivity index (χ0) is 18.4. The van der Waals surface area contributed by atoms with Crippen LogP contribution in [0, 0.1) is 10.1 Å². The predicted molar refractivity (Wildman–Crippen MR) is 90.8 cm³/mol. The summed E-state index contributed by atoms with van der Waals surface area (Å²) in [6, 6.07) is 2.81. The maximum atomic E-state index is 11.0. The smallest absolute Gasteiger partial charge is 0.302 e. The molecule has 130 valence electrons. The fraction of sp³-hybridized carbons (Fsp3) is 0.188. The molecule has 0 saturated carbocycles. The lowest BCUT2D eigenvalue weighted by atomic mass is 10.2. The van der Waals surface area contributed by atoms with Crippen molar-refractivity contribution in [2.24, 2.45) is 0 Å². The van der Waals surface area contributed by atoms with Gasteiger partial charge in [0.25, 0.3) is 0 Å². The number of hydrogen-bond donors (Lipinski definition) is 1. The highest BCUT2D eigenvalue weighted by Gasteiger charge is 2.19. The number of anilines is 1. The number of hydrogen-bond acceptors (Lipinski definition) is 8. The third kappa shape index (κ3) is 4.74. The van der Waals surface area contributed by atoms with Crippen molar-refractivity contribution in [1.29, 1.82) is 0 Å². The second kappa shape index (κ2) is 7.86. The highest BCUT2D eigenvalue weighted by atomic mass is 16.6. The molecule has 1 N–H and O–H groups in total. The van der Waals surface area contributed by atoms with E-state index in [1.54, 1.807) is 12.2 Å². The first kappa shape index (κ1) is 17.9. The minimum Gasteiger partial charge on any atom is -0.466 e. The van der Waals surface area contributed by atoms with Crippen molar-refractivity contribution < 1.29 is 19.1 Å². The first-order chi connectivity index (χ1) is 11.9. The number of rotatable bonds is 8. The molecular weight excluding hydrogens is 328 g/mol. The van der Waals surface area contributed by atoms with Crippen LogP contribution in [-0.4, -0.2) is 27.8 Å². The van der Waals surface area contributed by atoms with E-state index < -0.39 is 4.92 Å². The van der Waals surface area contributed by atoms with Crippen molar-refractivity contribution in [2.45, 2.75) is 13.3 Å². The second-order valence-corrected chi connectivity index (χ2v) is 5.08. The number of nitro groups is 1. The van der Waals surface area contributed by atoms with Crippen LogP contribution in [0.25, 0.3) is 11.0 Å². The zero-order valence-corrected chi connectivity index (χ0v) is 13.5. The number of nitrogens with one attached hydrogen (secondary N) is 1. The Hall–Kier alpha value is -3.49. The van der Waals surface area contributed by atoms with Gasteiger partial charge in [0.2, 0.25) is 5.52 Å². The molecule has 0 fully saturated rings. The van der Waals surface area contributed by atoms with Crippen LogP contribution in [0.2, 0.25) is 0 Å². The largest absolute Gasteiger partial charge is 0.466 e. The number of fused-ring (bicyclic) bond motifs is 1. The summed E-state index contributed by atoms with van der Waals surface area (Å²) < 4.78 is 9.42. The normalized spacial score (nSPS) is 10.8. The lowest BCUT2D eigenvalue weighted by molar-refractivity contribution is -0.383. The van der Waals surface area contributed by atoms with Crippen molar-refractivity contribution in [3.8, 4) is 0 Å². The molecule has 0 aliphatic carbocycles. The Morgan fingerprint density at radius 2 is 2.08 bits per heavy atom. The summed E-state index contributed by atoms with van der Waals surface area (Å²) in [6.07, 6.45) is 3.90. The molecule has 1 aromatic heterocycles. The van der Waals surface area contributed by atoms with Crippen LogP contribution in [0.1, 0.15) is 13.3 Å². The van der Waals surface area contributed by atoms with E-state index in [1.165, 1.54) is 19.1 Å². The molecule has 25 heavy (non-hydrogen) atoms. The fourth-order valence-electron chi connectivity index (χ4n) is 1.94. The Kier molecular flexibility index (Phi) is 5.62. The van der Waals surface area contributed by atoms with Crippen molar-refractivity contribution in [1.82, 2.24) is 10.3 Å². The summed E-state index contributed by atoms with van der Waals surface area (Å²) in [5.74, 6) is -0.341. The highest BCUT2D eigenvalue weighted by molar-refractivity contribution is 5.94. The van der Waals surface area contributed by atoms with Crippen LogP contribution in [0.4, 0.5) is 11.4 Å². The maximum absolute atomic E-state index is 11.0. The Morgan fingerprint density at radius 3 is 2.76 bits per heavy atom. The number of ether oxygens (including phenoxy) is 1. The van der Waals surface area contributed by atoms with Gasteiger partial charge in [0.05, 0.1) is 17.2 Å². The van der Waals surface area contributed by atoms with Crippen LogP contribution in [-0.2, 0) is 9.53 Å². The van der Waals surface area contributed by atoms with Gasteiger partial charge in [-0.1, -0.05) is 24.8 Å². The van der Waals surface area contributed by atoms with E-state index in [-0.39, 0.29) is 29.3 Å². The third-order valence-corrected chi connectivity index (χ3v) is 3.13. The van der Waals surface area contributed by atoms with Gasteiger partial charge in [-0.3, -0.25) is 14.9 Å². The maximum Gasteiger partial charge on any atom is 0.302 e. The van der Waals surface area contributed by atoms with E-state index in [9.17, 15) is 14.9 Å². The second-order valence-electron chi connectivity index (χ2n) is 5.08. The SMILES string of the molecule is C=C(/C=C\C(=C)Nc1ccc([N+](=O)[O-])c2nonc12)CCOC(C)=O. The summed E-state index contributed by atoms with van der Waals surface area (Å²) >= 11 is 0. The number of esters is 1. The Morgan fingerprint density at radius 1 is 1.36 bits per heavy atom. The number of carbonyl (C=O) groups excluding carboxylic acids is 1. The first-order valence-corrected chi connectivity index (χ1v) is 7.23. The predicted octanol–water partition coefficient (Wildman–Crippen LogP) is 3.12. The standard InChI is InChI=1S/C16H16N4O5/c1-10(8-9-24-12(3)21)4-5-11(2)17-13-6-7-14(20(22)23)16-15(13)18-25-19-16/h4-7,17H,1-2,8-9H2,3H3/b5-4-. The monoisotopic (exact) mass is 344 g/mol. The van der Waals surface area contributed by atoms with Gasteiger partial charge in [0.1, 0.15) is 0 Å². The quantitative estimate of drug-likeness (QED) is 0.335.